The van der Waals surface area contributed by atoms with Crippen LogP contribution in [0.25, 0.3) is 0 Å². The van der Waals surface area contributed by atoms with Crippen molar-refractivity contribution in [3.63, 3.8) is 0 Å². The van der Waals surface area contributed by atoms with E-state index in [-0.39, 0.29) is 23.3 Å². The number of alkyl halides is 3. The van der Waals surface area contributed by atoms with E-state index in [1.165, 1.54) is 25.3 Å². The largest absolute Gasteiger partial charge is 0.416 e. The van der Waals surface area contributed by atoms with Gasteiger partial charge in [-0.1, -0.05) is 6.07 Å². The number of rotatable bonds is 1. The van der Waals surface area contributed by atoms with Crippen LogP contribution in [0.1, 0.15) is 41.1 Å². The third kappa shape index (κ3) is 3.02. The summed E-state index contributed by atoms with van der Waals surface area (Å²) in [5.74, 6) is -0.516. The Hall–Kier alpha value is -2.64. The fourth-order valence-corrected chi connectivity index (χ4v) is 4.12. The van der Waals surface area contributed by atoms with Gasteiger partial charge < -0.3 is 10.2 Å². The molecule has 2 aliphatic rings. The molecule has 2 aromatic rings. The number of amides is 2. The highest BCUT2D eigenvalue weighted by molar-refractivity contribution is 5.90. The van der Waals surface area contributed by atoms with Crippen molar-refractivity contribution in [2.75, 3.05) is 5.32 Å². The molecule has 0 unspecified atom stereocenters. The van der Waals surface area contributed by atoms with E-state index in [1.807, 2.05) is 0 Å². The quantitative estimate of drug-likeness (QED) is 0.569. The van der Waals surface area contributed by atoms with Crippen LogP contribution in [0.15, 0.2) is 30.5 Å². The van der Waals surface area contributed by atoms with Gasteiger partial charge in [0.25, 0.3) is 0 Å². The zero-order valence-electron chi connectivity index (χ0n) is 14.5. The number of aromatic nitrogens is 1. The van der Waals surface area contributed by atoms with E-state index in [0.717, 1.165) is 11.6 Å². The Kier molecular flexibility index (Phi) is 4.09. The van der Waals surface area contributed by atoms with Crippen LogP contribution >= 0.6 is 0 Å². The van der Waals surface area contributed by atoms with E-state index >= 15 is 0 Å². The van der Waals surface area contributed by atoms with Gasteiger partial charge in [0, 0.05) is 23.5 Å². The number of benzene rings is 1. The van der Waals surface area contributed by atoms with E-state index < -0.39 is 23.7 Å². The number of carbonyl (C=O) groups excluding carboxylic acids is 1. The van der Waals surface area contributed by atoms with Crippen molar-refractivity contribution in [1.29, 1.82) is 0 Å². The summed E-state index contributed by atoms with van der Waals surface area (Å²) in [4.78, 5) is 18.1. The summed E-state index contributed by atoms with van der Waals surface area (Å²) in [6.07, 6.45) is -1.35. The number of pyridine rings is 1. The van der Waals surface area contributed by atoms with Crippen LogP contribution in [0, 0.1) is 12.9 Å². The Morgan fingerprint density at radius 2 is 2.04 bits per heavy atom. The summed E-state index contributed by atoms with van der Waals surface area (Å²) >= 11 is 0. The van der Waals surface area contributed by atoms with E-state index in [0.29, 0.717) is 24.8 Å². The van der Waals surface area contributed by atoms with Crippen molar-refractivity contribution in [2.24, 2.45) is 0 Å². The minimum Gasteiger partial charge on any atom is -0.314 e. The van der Waals surface area contributed by atoms with Crippen LogP contribution in [0.3, 0.4) is 0 Å². The summed E-state index contributed by atoms with van der Waals surface area (Å²) in [5, 5.41) is 2.58. The maximum absolute atomic E-state index is 14.0. The molecule has 2 aliphatic heterocycles. The molecule has 0 spiro atoms. The first-order valence-corrected chi connectivity index (χ1v) is 8.66. The lowest BCUT2D eigenvalue weighted by atomic mass is 9.95. The van der Waals surface area contributed by atoms with Crippen molar-refractivity contribution in [3.05, 3.63) is 58.7 Å². The van der Waals surface area contributed by atoms with Gasteiger partial charge in [-0.05, 0) is 55.5 Å². The standard InChI is InChI=1S/C19H17F4N3O/c1-10-2-3-11(8-15(10)19(21,22)23)25-18(27)26-12-4-5-16(26)13-6-7-24-17(20)14(13)9-12/h2-3,6-8,12,16H,4-5,9H2,1H3,(H,25,27)/t12-,16+/m1/s1. The topological polar surface area (TPSA) is 45.2 Å². The Morgan fingerprint density at radius 3 is 2.78 bits per heavy atom. The van der Waals surface area contributed by atoms with Gasteiger partial charge >= 0.3 is 12.2 Å². The minimum absolute atomic E-state index is 0.0871. The number of nitrogens with zero attached hydrogens (tertiary/aromatic N) is 2. The number of urea groups is 1. The number of carbonyl (C=O) groups is 1. The molecular formula is C19H17F4N3O. The second kappa shape index (κ2) is 6.21. The minimum atomic E-state index is -4.49. The molecule has 0 saturated carbocycles. The Balaban J connectivity index is 1.60. The van der Waals surface area contributed by atoms with Crippen LogP contribution in [0.4, 0.5) is 28.0 Å². The molecule has 2 atom stereocenters. The Labute approximate surface area is 153 Å². The Morgan fingerprint density at radius 1 is 1.26 bits per heavy atom. The SMILES string of the molecule is Cc1ccc(NC(=O)N2[C@@H]3CC[C@H]2c2ccnc(F)c2C3)cc1C(F)(F)F. The van der Waals surface area contributed by atoms with Crippen LogP contribution in [0.5, 0.6) is 0 Å². The summed E-state index contributed by atoms with van der Waals surface area (Å²) in [7, 11) is 0. The smallest absolute Gasteiger partial charge is 0.314 e. The van der Waals surface area contributed by atoms with Gasteiger partial charge in [0.05, 0.1) is 11.6 Å². The summed E-state index contributed by atoms with van der Waals surface area (Å²) in [6, 6.07) is 4.49. The van der Waals surface area contributed by atoms with Crippen molar-refractivity contribution < 1.29 is 22.4 Å². The van der Waals surface area contributed by atoms with Gasteiger partial charge in [0.2, 0.25) is 5.95 Å². The van der Waals surface area contributed by atoms with Crippen LogP contribution in [0.2, 0.25) is 0 Å². The highest BCUT2D eigenvalue weighted by atomic mass is 19.4. The molecule has 142 valence electrons. The molecule has 2 amide bonds. The number of halogens is 4. The number of aryl methyl sites for hydroxylation is 1. The van der Waals surface area contributed by atoms with Crippen molar-refractivity contribution >= 4 is 11.7 Å². The normalized spacial score (nSPS) is 21.1. The van der Waals surface area contributed by atoms with Gasteiger partial charge in [0.1, 0.15) is 0 Å². The number of anilines is 1. The zero-order chi connectivity index (χ0) is 19.3. The summed E-state index contributed by atoms with van der Waals surface area (Å²) in [5.41, 5.74) is 0.662. The van der Waals surface area contributed by atoms with Crippen molar-refractivity contribution in [2.45, 2.75) is 44.4 Å². The third-order valence-corrected chi connectivity index (χ3v) is 5.37. The molecule has 27 heavy (non-hydrogen) atoms. The molecule has 0 radical (unpaired) electrons. The van der Waals surface area contributed by atoms with Crippen molar-refractivity contribution in [1.82, 2.24) is 9.88 Å². The highest BCUT2D eigenvalue weighted by Gasteiger charge is 2.43. The lowest BCUT2D eigenvalue weighted by Crippen LogP contribution is -2.44. The average molecular weight is 379 g/mol. The van der Waals surface area contributed by atoms with Crippen molar-refractivity contribution in [3.8, 4) is 0 Å². The van der Waals surface area contributed by atoms with Crippen LogP contribution < -0.4 is 5.32 Å². The molecule has 1 N–H and O–H groups in total. The molecule has 1 saturated heterocycles. The molecule has 8 heteroatoms. The van der Waals surface area contributed by atoms with E-state index in [9.17, 15) is 22.4 Å². The lowest BCUT2D eigenvalue weighted by Gasteiger charge is -2.36. The molecule has 0 aliphatic carbocycles. The van der Waals surface area contributed by atoms with Gasteiger partial charge in [-0.2, -0.15) is 17.6 Å². The van der Waals surface area contributed by atoms with Gasteiger partial charge in [-0.25, -0.2) is 9.78 Å². The first-order valence-electron chi connectivity index (χ1n) is 8.66. The average Bonchev–Trinajstić information content (AvgIpc) is 2.92. The number of nitrogens with one attached hydrogen (secondary N) is 1. The molecule has 2 bridgehead atoms. The monoisotopic (exact) mass is 379 g/mol. The molecule has 1 fully saturated rings. The fourth-order valence-electron chi connectivity index (χ4n) is 4.12. The lowest BCUT2D eigenvalue weighted by molar-refractivity contribution is -0.138. The van der Waals surface area contributed by atoms with Gasteiger partial charge in [0.15, 0.2) is 0 Å². The second-order valence-electron chi connectivity index (χ2n) is 6.99. The van der Waals surface area contributed by atoms with E-state index in [2.05, 4.69) is 10.3 Å². The second-order valence-corrected chi connectivity index (χ2v) is 6.99. The molecule has 4 rings (SSSR count). The van der Waals surface area contributed by atoms with E-state index in [1.54, 1.807) is 11.0 Å². The molecule has 3 heterocycles. The number of hydrogen-bond acceptors (Lipinski definition) is 2. The predicted molar refractivity (Wildman–Crippen MR) is 90.7 cm³/mol. The molecular weight excluding hydrogens is 362 g/mol. The first kappa shape index (κ1) is 17.8. The third-order valence-electron chi connectivity index (χ3n) is 5.37. The molecule has 4 nitrogen and oxygen atoms in total. The van der Waals surface area contributed by atoms with Crippen LogP contribution in [-0.2, 0) is 12.6 Å². The number of hydrogen-bond donors (Lipinski definition) is 1. The highest BCUT2D eigenvalue weighted by Crippen LogP contribution is 2.44. The fraction of sp³-hybridized carbons (Fsp3) is 0.368. The maximum Gasteiger partial charge on any atom is 0.416 e. The molecule has 1 aromatic heterocycles. The maximum atomic E-state index is 14.0. The first-order chi connectivity index (χ1) is 12.8. The van der Waals surface area contributed by atoms with Gasteiger partial charge in [-0.3, -0.25) is 0 Å². The van der Waals surface area contributed by atoms with E-state index in [4.69, 9.17) is 0 Å². The number of fused-ring (bicyclic) bond motifs is 4. The summed E-state index contributed by atoms with van der Waals surface area (Å²) < 4.78 is 53.3. The summed E-state index contributed by atoms with van der Waals surface area (Å²) in [6.45, 7) is 1.37. The zero-order valence-corrected chi connectivity index (χ0v) is 14.5. The molecule has 1 aromatic carbocycles. The predicted octanol–water partition coefficient (Wildman–Crippen LogP) is 4.84. The Bertz CT molecular complexity index is 912. The van der Waals surface area contributed by atoms with Crippen LogP contribution in [-0.4, -0.2) is 22.0 Å². The van der Waals surface area contributed by atoms with Gasteiger partial charge in [-0.15, -0.1) is 0 Å².